The molecule has 1 aliphatic heterocycles. The highest BCUT2D eigenvalue weighted by atomic mass is 16.3. The maximum Gasteiger partial charge on any atom is 0.115 e. The first-order valence-corrected chi connectivity index (χ1v) is 6.50. The Balaban J connectivity index is 2.06. The van der Waals surface area contributed by atoms with Gasteiger partial charge in [-0.2, -0.15) is 0 Å². The first-order chi connectivity index (χ1) is 8.13. The van der Waals surface area contributed by atoms with Crippen LogP contribution in [0.3, 0.4) is 0 Å². The number of anilines is 1. The molecule has 1 heterocycles. The third-order valence-corrected chi connectivity index (χ3v) is 4.01. The molecule has 0 saturated carbocycles. The number of hydrogen-bond donors (Lipinski definition) is 1. The van der Waals surface area contributed by atoms with Gasteiger partial charge in [-0.25, -0.2) is 0 Å². The molecule has 0 aromatic heterocycles. The second-order valence-corrected chi connectivity index (χ2v) is 5.24. The predicted molar refractivity (Wildman–Crippen MR) is 71.4 cm³/mol. The van der Waals surface area contributed by atoms with Crippen molar-refractivity contribution in [3.8, 4) is 5.75 Å². The third kappa shape index (κ3) is 2.91. The fraction of sp³-hybridized carbons (Fsp3) is 0.571. The summed E-state index contributed by atoms with van der Waals surface area (Å²) < 4.78 is 1.18. The number of likely N-dealkylation sites (N-methyl/N-ethyl adjacent to an activating group) is 1. The van der Waals surface area contributed by atoms with E-state index in [9.17, 15) is 5.11 Å². The Morgan fingerprint density at radius 3 is 2.53 bits per heavy atom. The van der Waals surface area contributed by atoms with Gasteiger partial charge in [0.15, 0.2) is 0 Å². The highest BCUT2D eigenvalue weighted by Crippen LogP contribution is 2.21. The van der Waals surface area contributed by atoms with Crippen molar-refractivity contribution in [2.75, 3.05) is 44.7 Å². The van der Waals surface area contributed by atoms with E-state index in [2.05, 4.69) is 18.9 Å². The van der Waals surface area contributed by atoms with Crippen molar-refractivity contribution in [1.29, 1.82) is 0 Å². The molecule has 17 heavy (non-hydrogen) atoms. The van der Waals surface area contributed by atoms with Crippen molar-refractivity contribution >= 4 is 5.69 Å². The van der Waals surface area contributed by atoms with E-state index in [-0.39, 0.29) is 0 Å². The summed E-state index contributed by atoms with van der Waals surface area (Å²) in [4.78, 5) is 2.43. The average molecular weight is 235 g/mol. The topological polar surface area (TPSA) is 23.5 Å². The van der Waals surface area contributed by atoms with Gasteiger partial charge >= 0.3 is 0 Å². The largest absolute Gasteiger partial charge is 0.508 e. The van der Waals surface area contributed by atoms with Gasteiger partial charge in [0.1, 0.15) is 5.75 Å². The number of benzene rings is 1. The van der Waals surface area contributed by atoms with Gasteiger partial charge in [-0.1, -0.05) is 0 Å². The van der Waals surface area contributed by atoms with Crippen LogP contribution in [0.25, 0.3) is 0 Å². The van der Waals surface area contributed by atoms with Gasteiger partial charge in [0.2, 0.25) is 0 Å². The van der Waals surface area contributed by atoms with Gasteiger partial charge in [-0.05, 0) is 31.2 Å². The predicted octanol–water partition coefficient (Wildman–Crippen LogP) is 2.07. The van der Waals surface area contributed by atoms with Crippen LogP contribution in [0.4, 0.5) is 5.69 Å². The number of phenols is 1. The molecule has 0 radical (unpaired) electrons. The summed E-state index contributed by atoms with van der Waals surface area (Å²) in [5.74, 6) is 0.345. The highest BCUT2D eigenvalue weighted by molar-refractivity contribution is 5.48. The quantitative estimate of drug-likeness (QED) is 0.793. The monoisotopic (exact) mass is 235 g/mol. The van der Waals surface area contributed by atoms with E-state index in [1.807, 2.05) is 12.1 Å². The first kappa shape index (κ1) is 12.2. The fourth-order valence-corrected chi connectivity index (χ4v) is 2.47. The number of quaternary nitrogens is 1. The maximum atomic E-state index is 9.31. The Kier molecular flexibility index (Phi) is 3.57. The van der Waals surface area contributed by atoms with Crippen LogP contribution in [-0.2, 0) is 0 Å². The summed E-state index contributed by atoms with van der Waals surface area (Å²) in [5, 5.41) is 9.31. The van der Waals surface area contributed by atoms with Crippen molar-refractivity contribution in [2.24, 2.45) is 0 Å². The molecule has 1 N–H and O–H groups in total. The van der Waals surface area contributed by atoms with E-state index in [1.54, 1.807) is 12.1 Å². The minimum Gasteiger partial charge on any atom is -0.508 e. The molecule has 1 aromatic rings. The zero-order chi connectivity index (χ0) is 12.3. The average Bonchev–Trinajstić information content (AvgIpc) is 2.53. The molecule has 1 fully saturated rings. The van der Waals surface area contributed by atoms with Crippen molar-refractivity contribution < 1.29 is 9.59 Å². The lowest BCUT2D eigenvalue weighted by Crippen LogP contribution is -2.46. The molecule has 2 rings (SSSR count). The number of hydrogen-bond acceptors (Lipinski definition) is 2. The van der Waals surface area contributed by atoms with Gasteiger partial charge in [0.05, 0.1) is 33.2 Å². The van der Waals surface area contributed by atoms with Crippen LogP contribution in [0.5, 0.6) is 5.75 Å². The Hall–Kier alpha value is -1.22. The minimum atomic E-state index is 0.345. The van der Waals surface area contributed by atoms with Crippen LogP contribution in [0, 0.1) is 0 Å². The molecule has 1 saturated heterocycles. The summed E-state index contributed by atoms with van der Waals surface area (Å²) in [7, 11) is 2.35. The summed E-state index contributed by atoms with van der Waals surface area (Å²) in [6, 6.07) is 7.57. The second-order valence-electron chi connectivity index (χ2n) is 5.24. The lowest BCUT2D eigenvalue weighted by Gasteiger charge is -2.32. The molecule has 1 atom stereocenters. The Morgan fingerprint density at radius 2 is 1.88 bits per heavy atom. The van der Waals surface area contributed by atoms with Gasteiger partial charge in [0.25, 0.3) is 0 Å². The van der Waals surface area contributed by atoms with Crippen LogP contribution < -0.4 is 4.90 Å². The van der Waals surface area contributed by atoms with Gasteiger partial charge in [0, 0.05) is 18.7 Å². The number of nitrogens with zero attached hydrogens (tertiary/aromatic N) is 2. The minimum absolute atomic E-state index is 0.345. The van der Waals surface area contributed by atoms with Crippen LogP contribution in [0.15, 0.2) is 24.3 Å². The van der Waals surface area contributed by atoms with Gasteiger partial charge in [-0.15, -0.1) is 0 Å². The number of rotatable bonds is 2. The molecule has 0 spiro atoms. The zero-order valence-corrected chi connectivity index (χ0v) is 10.9. The number of phenolic OH excluding ortho intramolecular Hbond substituents is 1. The van der Waals surface area contributed by atoms with Crippen molar-refractivity contribution in [2.45, 2.75) is 13.3 Å². The van der Waals surface area contributed by atoms with E-state index in [0.29, 0.717) is 5.75 Å². The summed E-state index contributed by atoms with van der Waals surface area (Å²) in [6.07, 6.45) is 1.24. The molecular formula is C14H23N2O+. The molecule has 0 bridgehead atoms. The van der Waals surface area contributed by atoms with Crippen molar-refractivity contribution in [3.63, 3.8) is 0 Å². The number of aromatic hydroxyl groups is 1. The van der Waals surface area contributed by atoms with E-state index >= 15 is 0 Å². The molecule has 1 unspecified atom stereocenters. The first-order valence-electron chi connectivity index (χ1n) is 6.50. The van der Waals surface area contributed by atoms with Crippen molar-refractivity contribution in [1.82, 2.24) is 0 Å². The standard InChI is InChI=1S/C14H22N2O/c1-3-16(2)11-4-9-15(10-12-16)13-5-7-14(17)8-6-13/h5-8H,3-4,9-12H2,1-2H3/p+1. The fourth-order valence-electron chi connectivity index (χ4n) is 2.47. The summed E-state index contributed by atoms with van der Waals surface area (Å²) >= 11 is 0. The van der Waals surface area contributed by atoms with Gasteiger partial charge in [-0.3, -0.25) is 0 Å². The Labute approximate surface area is 104 Å². The van der Waals surface area contributed by atoms with Crippen LogP contribution >= 0.6 is 0 Å². The third-order valence-electron chi connectivity index (χ3n) is 4.01. The molecular weight excluding hydrogens is 212 g/mol. The van der Waals surface area contributed by atoms with E-state index < -0.39 is 0 Å². The van der Waals surface area contributed by atoms with Crippen LogP contribution in [0.2, 0.25) is 0 Å². The SMILES string of the molecule is CC[N+]1(C)CCCN(c2ccc(O)cc2)CC1. The summed E-state index contributed by atoms with van der Waals surface area (Å²) in [5.41, 5.74) is 1.23. The smallest absolute Gasteiger partial charge is 0.115 e. The van der Waals surface area contributed by atoms with E-state index in [4.69, 9.17) is 0 Å². The maximum absolute atomic E-state index is 9.31. The second kappa shape index (κ2) is 4.96. The normalized spacial score (nSPS) is 25.6. The van der Waals surface area contributed by atoms with E-state index in [1.165, 1.54) is 36.2 Å². The molecule has 1 aromatic carbocycles. The van der Waals surface area contributed by atoms with Crippen molar-refractivity contribution in [3.05, 3.63) is 24.3 Å². The Bertz CT molecular complexity index is 363. The zero-order valence-electron chi connectivity index (χ0n) is 10.9. The molecule has 0 aliphatic carbocycles. The van der Waals surface area contributed by atoms with Gasteiger partial charge < -0.3 is 14.5 Å². The molecule has 3 heteroatoms. The molecule has 1 aliphatic rings. The lowest BCUT2D eigenvalue weighted by molar-refractivity contribution is -0.905. The highest BCUT2D eigenvalue weighted by Gasteiger charge is 2.24. The lowest BCUT2D eigenvalue weighted by atomic mass is 10.2. The molecule has 0 amide bonds. The van der Waals surface area contributed by atoms with Crippen LogP contribution in [-0.4, -0.2) is 49.4 Å². The molecule has 3 nitrogen and oxygen atoms in total. The van der Waals surface area contributed by atoms with E-state index in [0.717, 1.165) is 13.1 Å². The Morgan fingerprint density at radius 1 is 1.18 bits per heavy atom. The van der Waals surface area contributed by atoms with Crippen LogP contribution in [0.1, 0.15) is 13.3 Å². The molecule has 94 valence electrons. The summed E-state index contributed by atoms with van der Waals surface area (Å²) in [6.45, 7) is 8.19.